The van der Waals surface area contributed by atoms with Crippen LogP contribution in [0.25, 0.3) is 0 Å². The number of amides is 1. The summed E-state index contributed by atoms with van der Waals surface area (Å²) in [7, 11) is 0. The van der Waals surface area contributed by atoms with Crippen LogP contribution in [0.5, 0.6) is 0 Å². The van der Waals surface area contributed by atoms with Gasteiger partial charge in [-0.2, -0.15) is 0 Å². The van der Waals surface area contributed by atoms with Crippen molar-refractivity contribution in [2.75, 3.05) is 12.4 Å². The lowest BCUT2D eigenvalue weighted by atomic mass is 9.90. The molecule has 0 aromatic rings. The molecule has 3 saturated heterocycles. The van der Waals surface area contributed by atoms with Gasteiger partial charge in [0.25, 0.3) is 0 Å². The Morgan fingerprint density at radius 1 is 1.11 bits per heavy atom. The summed E-state index contributed by atoms with van der Waals surface area (Å²) in [5, 5.41) is 73.7. The molecule has 0 radical (unpaired) electrons. The van der Waals surface area contributed by atoms with E-state index in [2.05, 4.69) is 5.32 Å². The number of hydrogen-bond donors (Lipinski definition) is 8. The van der Waals surface area contributed by atoms with Gasteiger partial charge in [0.05, 0.1) is 24.9 Å². The van der Waals surface area contributed by atoms with Crippen molar-refractivity contribution in [3.8, 4) is 0 Å². The molecular weight excluding hydrogens is 494 g/mol. The molecule has 3 aliphatic heterocycles. The number of aliphatic hydroxyl groups is 6. The predicted octanol–water partition coefficient (Wildman–Crippen LogP) is -3.53. The van der Waals surface area contributed by atoms with E-state index in [0.29, 0.717) is 11.8 Å². The Hall–Kier alpha value is -1.11. The Morgan fingerprint density at radius 2 is 1.77 bits per heavy atom. The monoisotopic (exact) mass is 527 g/mol. The molecule has 8 N–H and O–H groups in total. The molecule has 0 spiro atoms. The molecule has 0 saturated carbocycles. The lowest BCUT2D eigenvalue weighted by molar-refractivity contribution is -0.224. The van der Waals surface area contributed by atoms with E-state index in [-0.39, 0.29) is 5.75 Å². The van der Waals surface area contributed by atoms with Crippen LogP contribution < -0.4 is 5.32 Å². The molecule has 3 fully saturated rings. The summed E-state index contributed by atoms with van der Waals surface area (Å²) in [6, 6.07) is -1.29. The number of aliphatic carboxylic acids is 1. The largest absolute Gasteiger partial charge is 0.478 e. The number of fused-ring (bicyclic) bond motifs is 1. The van der Waals surface area contributed by atoms with Gasteiger partial charge in [-0.25, -0.2) is 4.79 Å². The predicted molar refractivity (Wildman–Crippen MR) is 116 cm³/mol. The highest BCUT2D eigenvalue weighted by Crippen LogP contribution is 2.43. The van der Waals surface area contributed by atoms with Gasteiger partial charge in [-0.15, -0.1) is 11.8 Å². The molecule has 14 nitrogen and oxygen atoms in total. The van der Waals surface area contributed by atoms with Crippen LogP contribution in [0.3, 0.4) is 0 Å². The number of rotatable bonds is 9. The van der Waals surface area contributed by atoms with E-state index in [4.69, 9.17) is 18.9 Å². The van der Waals surface area contributed by atoms with Crippen molar-refractivity contribution >= 4 is 23.6 Å². The van der Waals surface area contributed by atoms with Gasteiger partial charge >= 0.3 is 5.97 Å². The van der Waals surface area contributed by atoms with Crippen molar-refractivity contribution in [2.45, 2.75) is 99.1 Å². The molecule has 0 aliphatic carbocycles. The summed E-state index contributed by atoms with van der Waals surface area (Å²) in [4.78, 5) is 21.6. The molecule has 0 aromatic carbocycles. The van der Waals surface area contributed by atoms with Crippen LogP contribution in [0.1, 0.15) is 27.2 Å². The van der Waals surface area contributed by atoms with E-state index in [9.17, 15) is 45.3 Å². The van der Waals surface area contributed by atoms with Crippen molar-refractivity contribution in [3.63, 3.8) is 0 Å². The van der Waals surface area contributed by atoms with Crippen molar-refractivity contribution in [3.05, 3.63) is 0 Å². The number of ether oxygens (including phenoxy) is 4. The maximum absolute atomic E-state index is 12.2. The van der Waals surface area contributed by atoms with Crippen molar-refractivity contribution < 1.29 is 64.3 Å². The number of aliphatic hydroxyl groups excluding tert-OH is 6. The Morgan fingerprint density at radius 3 is 2.31 bits per heavy atom. The minimum absolute atomic E-state index is 0.347. The van der Waals surface area contributed by atoms with Crippen LogP contribution in [0.2, 0.25) is 0 Å². The minimum atomic E-state index is -2.22. The number of carboxylic acids is 1. The molecule has 15 heteroatoms. The number of carbonyl (C=O) groups excluding carboxylic acids is 1. The molecule has 3 aliphatic rings. The lowest BCUT2D eigenvalue weighted by Crippen LogP contribution is -2.66. The maximum atomic E-state index is 12.2. The third kappa shape index (κ3) is 5.91. The number of hydrogen-bond acceptors (Lipinski definition) is 13. The summed E-state index contributed by atoms with van der Waals surface area (Å²) in [5.74, 6) is -3.49. The van der Waals surface area contributed by atoms with E-state index >= 15 is 0 Å². The first-order valence-corrected chi connectivity index (χ1v) is 12.0. The van der Waals surface area contributed by atoms with Gasteiger partial charge < -0.3 is 60.0 Å². The fourth-order valence-corrected chi connectivity index (χ4v) is 5.65. The van der Waals surface area contributed by atoms with Crippen molar-refractivity contribution in [1.29, 1.82) is 0 Å². The highest BCUT2D eigenvalue weighted by molar-refractivity contribution is 8.01. The first-order valence-electron chi connectivity index (χ1n) is 11.1. The Kier molecular flexibility index (Phi) is 8.71. The molecule has 0 bridgehead atoms. The van der Waals surface area contributed by atoms with Crippen LogP contribution in [0.15, 0.2) is 0 Å². The highest BCUT2D eigenvalue weighted by Gasteiger charge is 2.58. The summed E-state index contributed by atoms with van der Waals surface area (Å²) >= 11 is 0.570. The van der Waals surface area contributed by atoms with E-state index in [1.165, 1.54) is 0 Å². The third-order valence-corrected chi connectivity index (χ3v) is 7.52. The van der Waals surface area contributed by atoms with Gasteiger partial charge in [0.2, 0.25) is 10.8 Å². The fourth-order valence-electron chi connectivity index (χ4n) is 4.43. The Labute approximate surface area is 205 Å². The van der Waals surface area contributed by atoms with Crippen LogP contribution in [0, 0.1) is 0 Å². The zero-order valence-electron chi connectivity index (χ0n) is 19.4. The van der Waals surface area contributed by atoms with Crippen LogP contribution >= 0.6 is 11.8 Å². The second kappa shape index (κ2) is 10.7. The zero-order valence-corrected chi connectivity index (χ0v) is 20.2. The van der Waals surface area contributed by atoms with E-state index < -0.39 is 96.8 Å². The Balaban J connectivity index is 1.74. The number of thioether (sulfide) groups is 1. The first-order chi connectivity index (χ1) is 16.2. The van der Waals surface area contributed by atoms with E-state index in [1.54, 1.807) is 13.8 Å². The van der Waals surface area contributed by atoms with Gasteiger partial charge in [-0.3, -0.25) is 4.79 Å². The second-order valence-corrected chi connectivity index (χ2v) is 10.6. The molecule has 11 atom stereocenters. The molecule has 3 rings (SSSR count). The fraction of sp³-hybridized carbons (Fsp3) is 0.900. The molecule has 1 amide bonds. The minimum Gasteiger partial charge on any atom is -0.478 e. The van der Waals surface area contributed by atoms with Gasteiger partial charge in [-0.1, -0.05) is 0 Å². The smallest absolute Gasteiger partial charge is 0.346 e. The molecule has 35 heavy (non-hydrogen) atoms. The average Bonchev–Trinajstić information content (AvgIpc) is 3.24. The van der Waals surface area contributed by atoms with Gasteiger partial charge in [0, 0.05) is 19.1 Å². The third-order valence-electron chi connectivity index (χ3n) is 6.11. The van der Waals surface area contributed by atoms with E-state index in [1.807, 2.05) is 0 Å². The van der Waals surface area contributed by atoms with Gasteiger partial charge in [0.1, 0.15) is 36.6 Å². The highest BCUT2D eigenvalue weighted by atomic mass is 32.2. The van der Waals surface area contributed by atoms with Crippen LogP contribution in [0.4, 0.5) is 0 Å². The standard InChI is InChI=1S/C20H33NO13S/c1-7(23)21-11-8(24)4-20(18(29)30,33-15(11)12(27)9(25)5-22)35-6-10(26)14-13(28)16-17(31-14)34-19(2,3)32-16/h8-17,22,24-28H,4-6H2,1-3H3,(H,21,23)(H,29,30)/t8?,9-,10-,11?,12-,13?,14?,15?,16?,17?,20?/m1/s1. The maximum Gasteiger partial charge on any atom is 0.346 e. The van der Waals surface area contributed by atoms with E-state index in [0.717, 1.165) is 6.92 Å². The van der Waals surface area contributed by atoms with Crippen LogP contribution in [-0.2, 0) is 28.5 Å². The lowest BCUT2D eigenvalue weighted by Gasteiger charge is -2.46. The number of carboxylic acid groups (broad SMARTS) is 1. The Bertz CT molecular complexity index is 786. The summed E-state index contributed by atoms with van der Waals surface area (Å²) in [6.07, 6.45) is -13.0. The SMILES string of the molecule is CC(=O)NC1C(O)CC(SC[C@@H](O)C2OC3OC(C)(C)OC3C2O)(C(=O)O)OC1[C@H](O)[C@H](O)CO. The second-order valence-electron chi connectivity index (χ2n) is 9.32. The molecule has 3 heterocycles. The molecule has 8 unspecified atom stereocenters. The summed E-state index contributed by atoms with van der Waals surface area (Å²) < 4.78 is 22.3. The van der Waals surface area contributed by atoms with Crippen molar-refractivity contribution in [1.82, 2.24) is 5.32 Å². The zero-order chi connectivity index (χ0) is 26.3. The normalized spacial score (nSPS) is 41.1. The number of carbonyl (C=O) groups is 2. The van der Waals surface area contributed by atoms with Crippen LogP contribution in [-0.4, -0.2) is 132 Å². The molecular formula is C20H33NO13S. The summed E-state index contributed by atoms with van der Waals surface area (Å²) in [6.45, 7) is 3.52. The van der Waals surface area contributed by atoms with Crippen molar-refractivity contribution in [2.24, 2.45) is 0 Å². The van der Waals surface area contributed by atoms with Gasteiger partial charge in [0.15, 0.2) is 12.1 Å². The number of nitrogens with one attached hydrogen (secondary N) is 1. The summed E-state index contributed by atoms with van der Waals surface area (Å²) in [5.41, 5.74) is 0. The first kappa shape index (κ1) is 28.5. The topological polar surface area (TPSA) is 225 Å². The molecule has 202 valence electrons. The van der Waals surface area contributed by atoms with Gasteiger partial charge in [-0.05, 0) is 13.8 Å². The average molecular weight is 528 g/mol. The molecule has 0 aromatic heterocycles. The quantitative estimate of drug-likeness (QED) is 0.145.